The fourth-order valence-corrected chi connectivity index (χ4v) is 3.97. The first-order valence-corrected chi connectivity index (χ1v) is 11.0. The first-order chi connectivity index (χ1) is 16.3. The number of methoxy groups -OCH3 is 1. The fourth-order valence-electron chi connectivity index (χ4n) is 3.97. The molecular formula is C28H27NO4. The second-order valence-electron chi connectivity index (χ2n) is 7.70. The van der Waals surface area contributed by atoms with Crippen molar-refractivity contribution in [1.82, 2.24) is 5.48 Å². The molecule has 0 amide bonds. The Morgan fingerprint density at radius 1 is 0.970 bits per heavy atom. The van der Waals surface area contributed by atoms with Crippen LogP contribution in [0.25, 0.3) is 5.57 Å². The molecule has 0 atom stereocenters. The van der Waals surface area contributed by atoms with E-state index in [0.29, 0.717) is 5.75 Å². The molecule has 0 fully saturated rings. The lowest BCUT2D eigenvalue weighted by atomic mass is 9.87. The molecule has 0 saturated heterocycles. The highest BCUT2D eigenvalue weighted by molar-refractivity contribution is 5.73. The highest BCUT2D eigenvalue weighted by Gasteiger charge is 2.18. The lowest BCUT2D eigenvalue weighted by Gasteiger charge is -2.21. The second kappa shape index (κ2) is 11.2. The van der Waals surface area contributed by atoms with E-state index in [1.807, 2.05) is 48.5 Å². The third kappa shape index (κ3) is 5.72. The van der Waals surface area contributed by atoms with Crippen molar-refractivity contribution >= 4 is 11.5 Å². The van der Waals surface area contributed by atoms with E-state index in [1.54, 1.807) is 6.20 Å². The number of nitrogens with one attached hydrogen (secondary N) is 1. The highest BCUT2D eigenvalue weighted by Crippen LogP contribution is 2.35. The van der Waals surface area contributed by atoms with Crippen molar-refractivity contribution in [1.29, 1.82) is 0 Å². The summed E-state index contributed by atoms with van der Waals surface area (Å²) in [5, 5.41) is 0. The Kier molecular flexibility index (Phi) is 7.60. The molecule has 1 aliphatic rings. The molecule has 5 nitrogen and oxygen atoms in total. The van der Waals surface area contributed by atoms with Crippen LogP contribution in [0.5, 0.6) is 5.75 Å². The molecule has 5 heteroatoms. The van der Waals surface area contributed by atoms with E-state index >= 15 is 0 Å². The number of carbonyl (C=O) groups is 1. The maximum atomic E-state index is 11.5. The van der Waals surface area contributed by atoms with Crippen LogP contribution in [0.3, 0.4) is 0 Å². The van der Waals surface area contributed by atoms with Crippen molar-refractivity contribution in [3.05, 3.63) is 113 Å². The van der Waals surface area contributed by atoms with Gasteiger partial charge in [0.1, 0.15) is 11.9 Å². The molecular weight excluding hydrogens is 414 g/mol. The Balaban J connectivity index is 1.51. The number of fused-ring (bicyclic) bond motifs is 1. The van der Waals surface area contributed by atoms with Gasteiger partial charge in [0.25, 0.3) is 0 Å². The molecule has 0 radical (unpaired) electrons. The quantitative estimate of drug-likeness (QED) is 0.289. The molecule has 0 spiro atoms. The SMILES string of the molecule is COC(=O)COc1cccc2c1CCCC2=C=CNOC(c1ccccc1)c1ccccc1. The van der Waals surface area contributed by atoms with Crippen molar-refractivity contribution in [2.45, 2.75) is 25.4 Å². The highest BCUT2D eigenvalue weighted by atomic mass is 16.7. The van der Waals surface area contributed by atoms with Gasteiger partial charge in [-0.3, -0.25) is 10.3 Å². The van der Waals surface area contributed by atoms with Crippen LogP contribution in [-0.4, -0.2) is 19.7 Å². The van der Waals surface area contributed by atoms with E-state index in [-0.39, 0.29) is 12.7 Å². The third-order valence-corrected chi connectivity index (χ3v) is 5.58. The van der Waals surface area contributed by atoms with Crippen LogP contribution in [0.4, 0.5) is 0 Å². The summed E-state index contributed by atoms with van der Waals surface area (Å²) in [7, 11) is 1.35. The molecule has 0 aliphatic heterocycles. The van der Waals surface area contributed by atoms with E-state index < -0.39 is 5.97 Å². The predicted octanol–water partition coefficient (Wildman–Crippen LogP) is 5.38. The van der Waals surface area contributed by atoms with Crippen LogP contribution in [0.15, 0.2) is 90.8 Å². The summed E-state index contributed by atoms with van der Waals surface area (Å²) in [5.74, 6) is 0.320. The summed E-state index contributed by atoms with van der Waals surface area (Å²) in [6.45, 7) is -0.0996. The van der Waals surface area contributed by atoms with Gasteiger partial charge in [-0.2, -0.15) is 0 Å². The molecule has 3 aromatic carbocycles. The molecule has 33 heavy (non-hydrogen) atoms. The minimum Gasteiger partial charge on any atom is -0.482 e. The fraction of sp³-hybridized carbons (Fsp3) is 0.214. The van der Waals surface area contributed by atoms with Gasteiger partial charge in [-0.05, 0) is 42.0 Å². The lowest BCUT2D eigenvalue weighted by molar-refractivity contribution is -0.142. The normalized spacial score (nSPS) is 12.5. The number of hydrogen-bond donors (Lipinski definition) is 1. The lowest BCUT2D eigenvalue weighted by Crippen LogP contribution is -2.15. The zero-order valence-electron chi connectivity index (χ0n) is 18.6. The van der Waals surface area contributed by atoms with Crippen LogP contribution in [-0.2, 0) is 20.8 Å². The van der Waals surface area contributed by atoms with Crippen LogP contribution < -0.4 is 10.2 Å². The average Bonchev–Trinajstić information content (AvgIpc) is 2.88. The van der Waals surface area contributed by atoms with E-state index in [1.165, 1.54) is 7.11 Å². The number of rotatable bonds is 8. The molecule has 1 N–H and O–H groups in total. The number of benzene rings is 3. The Morgan fingerprint density at radius 2 is 1.67 bits per heavy atom. The summed E-state index contributed by atoms with van der Waals surface area (Å²) in [6.07, 6.45) is 4.26. The van der Waals surface area contributed by atoms with Crippen LogP contribution in [0.1, 0.15) is 41.2 Å². The standard InChI is InChI=1S/C28H27NO4/c1-31-27(30)20-32-26-17-9-15-24-21(14-8-16-25(24)26)18-19-29-33-28(22-10-4-2-5-11-22)23-12-6-3-7-13-23/h2-7,9-13,15,17,19,28-29H,8,14,16,20H2,1H3. The Labute approximate surface area is 194 Å². The summed E-state index contributed by atoms with van der Waals surface area (Å²) in [4.78, 5) is 17.5. The summed E-state index contributed by atoms with van der Waals surface area (Å²) >= 11 is 0. The molecule has 3 aromatic rings. The maximum Gasteiger partial charge on any atom is 0.343 e. The monoisotopic (exact) mass is 441 g/mol. The van der Waals surface area contributed by atoms with Crippen molar-refractivity contribution in [3.63, 3.8) is 0 Å². The van der Waals surface area contributed by atoms with E-state index in [2.05, 4.69) is 46.3 Å². The first-order valence-electron chi connectivity index (χ1n) is 11.0. The maximum absolute atomic E-state index is 11.5. The molecule has 0 saturated carbocycles. The minimum atomic E-state index is -0.396. The van der Waals surface area contributed by atoms with Gasteiger partial charge in [0.2, 0.25) is 0 Å². The van der Waals surface area contributed by atoms with Crippen LogP contribution in [0.2, 0.25) is 0 Å². The van der Waals surface area contributed by atoms with Gasteiger partial charge in [0, 0.05) is 11.1 Å². The number of hydroxylamine groups is 1. The third-order valence-electron chi connectivity index (χ3n) is 5.58. The van der Waals surface area contributed by atoms with Gasteiger partial charge in [-0.1, -0.05) is 78.5 Å². The number of esters is 1. The number of carbonyl (C=O) groups excluding carboxylic acids is 1. The smallest absolute Gasteiger partial charge is 0.343 e. The van der Waals surface area contributed by atoms with Crippen molar-refractivity contribution in [3.8, 4) is 5.75 Å². The van der Waals surface area contributed by atoms with Crippen molar-refractivity contribution in [2.75, 3.05) is 13.7 Å². The number of ether oxygens (including phenoxy) is 2. The van der Waals surface area contributed by atoms with Crippen molar-refractivity contribution < 1.29 is 19.1 Å². The number of allylic oxidation sites excluding steroid dienone is 1. The van der Waals surface area contributed by atoms with E-state index in [9.17, 15) is 4.79 Å². The Hall–Kier alpha value is -3.79. The van der Waals surface area contributed by atoms with Gasteiger partial charge >= 0.3 is 5.97 Å². The summed E-state index contributed by atoms with van der Waals surface area (Å²) < 4.78 is 10.4. The molecule has 0 unspecified atom stereocenters. The summed E-state index contributed by atoms with van der Waals surface area (Å²) in [5.41, 5.74) is 11.7. The summed E-state index contributed by atoms with van der Waals surface area (Å²) in [6, 6.07) is 26.1. The van der Waals surface area contributed by atoms with E-state index in [4.69, 9.17) is 9.57 Å². The number of hydrogen-bond acceptors (Lipinski definition) is 5. The Morgan fingerprint density at radius 3 is 2.33 bits per heavy atom. The molecule has 168 valence electrons. The Bertz CT molecular complexity index is 1100. The van der Waals surface area contributed by atoms with Crippen molar-refractivity contribution in [2.24, 2.45) is 0 Å². The topological polar surface area (TPSA) is 56.8 Å². The van der Waals surface area contributed by atoms with Crippen LogP contribution in [0, 0.1) is 0 Å². The van der Waals surface area contributed by atoms with E-state index in [0.717, 1.165) is 47.1 Å². The average molecular weight is 442 g/mol. The predicted molar refractivity (Wildman–Crippen MR) is 127 cm³/mol. The molecule has 0 aromatic heterocycles. The van der Waals surface area contributed by atoms with Crippen LogP contribution >= 0.6 is 0 Å². The van der Waals surface area contributed by atoms with Gasteiger partial charge in [0.15, 0.2) is 6.61 Å². The zero-order chi connectivity index (χ0) is 22.9. The molecule has 4 rings (SSSR count). The largest absolute Gasteiger partial charge is 0.482 e. The van der Waals surface area contributed by atoms with Gasteiger partial charge < -0.3 is 9.47 Å². The molecule has 0 heterocycles. The minimum absolute atomic E-state index is 0.0996. The first kappa shape index (κ1) is 22.4. The second-order valence-corrected chi connectivity index (χ2v) is 7.70. The molecule has 0 bridgehead atoms. The van der Waals surface area contributed by atoms with Gasteiger partial charge in [0.05, 0.1) is 13.3 Å². The van der Waals surface area contributed by atoms with Gasteiger partial charge in [-0.15, -0.1) is 0 Å². The zero-order valence-corrected chi connectivity index (χ0v) is 18.6. The molecule has 1 aliphatic carbocycles. The van der Waals surface area contributed by atoms with Gasteiger partial charge in [-0.25, -0.2) is 4.79 Å².